The summed E-state index contributed by atoms with van der Waals surface area (Å²) in [7, 11) is -2.51. The molecule has 0 unspecified atom stereocenters. The van der Waals surface area contributed by atoms with Gasteiger partial charge in [0.25, 0.3) is 10.5 Å². The van der Waals surface area contributed by atoms with Crippen LogP contribution in [0.4, 0.5) is 0 Å². The average molecular weight is 234 g/mol. The molecule has 0 saturated carbocycles. The van der Waals surface area contributed by atoms with Crippen LogP contribution >= 0.6 is 31.5 Å². The second-order valence-corrected chi connectivity index (χ2v) is 3.29. The van der Waals surface area contributed by atoms with Gasteiger partial charge in [-0.3, -0.25) is 9.59 Å². The molecule has 0 atom stereocenters. The lowest BCUT2D eigenvalue weighted by molar-refractivity contribution is -0.113. The molecule has 0 aromatic carbocycles. The van der Waals surface area contributed by atoms with E-state index in [0.717, 1.165) is 0 Å². The molecule has 5 nitrogen and oxygen atoms in total. The molecule has 12 heavy (non-hydrogen) atoms. The van der Waals surface area contributed by atoms with Gasteiger partial charge in [0, 0.05) is 4.57 Å². The number of rotatable bonds is 6. The first-order valence-corrected chi connectivity index (χ1v) is 4.47. The molecule has 0 fully saturated rings. The molecule has 0 saturated heterocycles. The van der Waals surface area contributed by atoms with Crippen LogP contribution in [0.25, 0.3) is 0 Å². The summed E-state index contributed by atoms with van der Waals surface area (Å²) < 4.78 is 19.0. The molecule has 0 aliphatic carbocycles. The molecule has 0 spiro atoms. The van der Waals surface area contributed by atoms with Gasteiger partial charge in [0.15, 0.2) is 13.2 Å². The van der Waals surface area contributed by atoms with Crippen LogP contribution in [0.3, 0.4) is 0 Å². The minimum Gasteiger partial charge on any atom is -0.278 e. The highest BCUT2D eigenvalue weighted by Gasteiger charge is 2.22. The third-order valence-corrected chi connectivity index (χ3v) is 1.46. The fraction of sp³-hybridized carbons (Fsp3) is 0.500. The first-order chi connectivity index (χ1) is 5.52. The predicted octanol–water partition coefficient (Wildman–Crippen LogP) is 1.21. The maximum absolute atomic E-state index is 10.5. The van der Waals surface area contributed by atoms with Crippen molar-refractivity contribution in [1.82, 2.24) is 0 Å². The van der Waals surface area contributed by atoms with Crippen molar-refractivity contribution in [1.29, 1.82) is 0 Å². The van der Waals surface area contributed by atoms with E-state index in [1.54, 1.807) is 0 Å². The van der Waals surface area contributed by atoms with Crippen molar-refractivity contribution in [2.75, 3.05) is 13.2 Å². The summed E-state index contributed by atoms with van der Waals surface area (Å²) in [5.41, 5.74) is 0. The van der Waals surface area contributed by atoms with E-state index in [2.05, 4.69) is 9.05 Å². The van der Waals surface area contributed by atoms with E-state index in [0.29, 0.717) is 0 Å². The Morgan fingerprint density at radius 2 is 1.42 bits per heavy atom. The minimum atomic E-state index is -2.51. The smallest absolute Gasteiger partial charge is 0.278 e. The van der Waals surface area contributed by atoms with Crippen molar-refractivity contribution >= 4 is 41.9 Å². The van der Waals surface area contributed by atoms with Gasteiger partial charge in [0.1, 0.15) is 0 Å². The van der Waals surface area contributed by atoms with Gasteiger partial charge in [-0.2, -0.15) is 0 Å². The van der Waals surface area contributed by atoms with Crippen LogP contribution in [-0.2, 0) is 23.2 Å². The van der Waals surface area contributed by atoms with Crippen LogP contribution < -0.4 is 0 Å². The van der Waals surface area contributed by atoms with Gasteiger partial charge < -0.3 is 0 Å². The van der Waals surface area contributed by atoms with Crippen molar-refractivity contribution in [3.05, 3.63) is 0 Å². The maximum atomic E-state index is 10.5. The predicted molar refractivity (Wildman–Crippen MR) is 41.2 cm³/mol. The van der Waals surface area contributed by atoms with Crippen molar-refractivity contribution in [3.8, 4) is 0 Å². The summed E-state index contributed by atoms with van der Waals surface area (Å²) in [6, 6.07) is 0. The van der Waals surface area contributed by atoms with Gasteiger partial charge in [0.2, 0.25) is 0 Å². The number of halogens is 2. The van der Waals surface area contributed by atoms with Crippen LogP contribution in [0.5, 0.6) is 0 Å². The van der Waals surface area contributed by atoms with Crippen molar-refractivity contribution < 1.29 is 23.2 Å². The topological polar surface area (TPSA) is 69.7 Å². The summed E-state index contributed by atoms with van der Waals surface area (Å²) in [5.74, 6) is 0. The molecule has 0 radical (unpaired) electrons. The normalized spacial score (nSPS) is 9.50. The van der Waals surface area contributed by atoms with Crippen molar-refractivity contribution in [2.45, 2.75) is 0 Å². The molecule has 0 N–H and O–H groups in total. The molecule has 0 aliphatic heterocycles. The van der Waals surface area contributed by atoms with Crippen LogP contribution in [0, 0.1) is 0 Å². The Kier molecular flexibility index (Phi) is 6.42. The van der Waals surface area contributed by atoms with E-state index in [9.17, 15) is 14.2 Å². The summed E-state index contributed by atoms with van der Waals surface area (Å²) in [5, 5.41) is -1.61. The Hall–Kier alpha value is -0.0600. The van der Waals surface area contributed by atoms with Gasteiger partial charge in [-0.05, 0) is 23.2 Å². The van der Waals surface area contributed by atoms with Crippen molar-refractivity contribution in [3.63, 3.8) is 0 Å². The zero-order valence-corrected chi connectivity index (χ0v) is 8.06. The number of carbonyl (C=O) groups is 2. The highest BCUT2D eigenvalue weighted by Crippen LogP contribution is 2.23. The molecule has 0 aromatic rings. The summed E-state index contributed by atoms with van der Waals surface area (Å²) in [4.78, 5) is 20.1. The number of carbonyl (C=O) groups excluding carboxylic acids is 2. The second-order valence-electron chi connectivity index (χ2n) is 1.48. The fourth-order valence-electron chi connectivity index (χ4n) is 0.244. The summed E-state index contributed by atoms with van der Waals surface area (Å²) in [6.45, 7) is -1.07. The second kappa shape index (κ2) is 6.46. The van der Waals surface area contributed by atoms with Gasteiger partial charge in [-0.15, -0.1) is 9.05 Å². The molecule has 68 valence electrons. The van der Waals surface area contributed by atoms with E-state index in [4.69, 9.17) is 23.2 Å². The molecule has 0 amide bonds. The fourth-order valence-corrected chi connectivity index (χ4v) is 1.03. The van der Waals surface area contributed by atoms with E-state index >= 15 is 0 Å². The Labute approximate surface area is 78.9 Å². The molecule has 0 aromatic heterocycles. The molecule has 0 heterocycles. The van der Waals surface area contributed by atoms with Crippen LogP contribution in [0.15, 0.2) is 0 Å². The van der Waals surface area contributed by atoms with E-state index in [1.807, 2.05) is 0 Å². The maximum Gasteiger partial charge on any atom is 0.698 e. The lowest BCUT2D eigenvalue weighted by Crippen LogP contribution is -2.00. The highest BCUT2D eigenvalue weighted by molar-refractivity contribution is 7.33. The molecular weight excluding hydrogens is 230 g/mol. The quantitative estimate of drug-likeness (QED) is 0.510. The standard InChI is InChI=1S/C4H4Cl2O5P/c5-3(7)1-10-12(9)11-2-4(6)8/h1-2H2/q+1. The molecule has 8 heteroatoms. The Bertz CT molecular complexity index is 186. The highest BCUT2D eigenvalue weighted by atomic mass is 35.5. The van der Waals surface area contributed by atoms with Crippen LogP contribution in [0.1, 0.15) is 0 Å². The van der Waals surface area contributed by atoms with Crippen LogP contribution in [-0.4, -0.2) is 23.7 Å². The Morgan fingerprint density at radius 1 is 1.08 bits per heavy atom. The Morgan fingerprint density at radius 3 is 1.67 bits per heavy atom. The molecule has 0 aliphatic rings. The third kappa shape index (κ3) is 8.04. The molecule has 0 rings (SSSR count). The van der Waals surface area contributed by atoms with Crippen molar-refractivity contribution in [2.24, 2.45) is 0 Å². The number of hydrogen-bond donors (Lipinski definition) is 0. The SMILES string of the molecule is O=C(Cl)CO[P+](=O)OCC(=O)Cl. The molecule has 0 bridgehead atoms. The van der Waals surface area contributed by atoms with E-state index in [1.165, 1.54) is 0 Å². The van der Waals surface area contributed by atoms with Crippen LogP contribution in [0.2, 0.25) is 0 Å². The lowest BCUT2D eigenvalue weighted by atomic mass is 10.8. The van der Waals surface area contributed by atoms with Gasteiger partial charge >= 0.3 is 8.25 Å². The Balaban J connectivity index is 3.47. The van der Waals surface area contributed by atoms with E-state index in [-0.39, 0.29) is 0 Å². The number of hydrogen-bond acceptors (Lipinski definition) is 5. The largest absolute Gasteiger partial charge is 0.698 e. The lowest BCUT2D eigenvalue weighted by Gasteiger charge is -1.83. The average Bonchev–Trinajstić information content (AvgIpc) is 1.96. The van der Waals surface area contributed by atoms with Gasteiger partial charge in [0.05, 0.1) is 0 Å². The zero-order chi connectivity index (χ0) is 9.56. The minimum absolute atomic E-state index is 0.534. The first-order valence-electron chi connectivity index (χ1n) is 2.62. The van der Waals surface area contributed by atoms with Gasteiger partial charge in [-0.1, -0.05) is 0 Å². The van der Waals surface area contributed by atoms with E-state index < -0.39 is 32.0 Å². The zero-order valence-electron chi connectivity index (χ0n) is 5.66. The monoisotopic (exact) mass is 233 g/mol. The van der Waals surface area contributed by atoms with Gasteiger partial charge in [-0.25, -0.2) is 0 Å². The third-order valence-electron chi connectivity index (χ3n) is 0.567. The summed E-state index contributed by atoms with van der Waals surface area (Å²) >= 11 is 9.69. The summed E-state index contributed by atoms with van der Waals surface area (Å²) in [6.07, 6.45) is 0. The molecular formula is C4H4Cl2O5P+. The first kappa shape index (κ1) is 11.9.